The molecule has 0 atom stereocenters. The molecule has 0 radical (unpaired) electrons. The van der Waals surface area contributed by atoms with Crippen molar-refractivity contribution >= 4 is 0 Å². The number of hydrogen-bond donors (Lipinski definition) is 1. The van der Waals surface area contributed by atoms with Crippen molar-refractivity contribution in [2.24, 2.45) is 0 Å². The quantitative estimate of drug-likeness (QED) is 0.777. The van der Waals surface area contributed by atoms with Crippen LogP contribution in [0.1, 0.15) is 11.1 Å². The van der Waals surface area contributed by atoms with E-state index in [-0.39, 0.29) is 6.61 Å². The first-order valence-corrected chi connectivity index (χ1v) is 5.91. The Morgan fingerprint density at radius 2 is 2.00 bits per heavy atom. The summed E-state index contributed by atoms with van der Waals surface area (Å²) in [5.74, 6) is 0.759. The van der Waals surface area contributed by atoms with E-state index in [0.29, 0.717) is 13.1 Å². The zero-order valence-electron chi connectivity index (χ0n) is 11.0. The van der Waals surface area contributed by atoms with Crippen molar-refractivity contribution in [2.45, 2.75) is 19.6 Å². The fourth-order valence-corrected chi connectivity index (χ4v) is 1.60. The highest BCUT2D eigenvalue weighted by Crippen LogP contribution is 2.19. The van der Waals surface area contributed by atoms with Crippen LogP contribution < -0.4 is 10.1 Å². The minimum Gasteiger partial charge on any atom is -0.496 e. The van der Waals surface area contributed by atoms with Crippen LogP contribution in [0.15, 0.2) is 18.2 Å². The lowest BCUT2D eigenvalue weighted by molar-refractivity contribution is -0.173. The van der Waals surface area contributed by atoms with Gasteiger partial charge in [0.05, 0.1) is 13.7 Å². The maximum Gasteiger partial charge on any atom is 0.411 e. The molecule has 0 aliphatic rings. The second-order valence-electron chi connectivity index (χ2n) is 4.16. The van der Waals surface area contributed by atoms with Crippen LogP contribution in [0, 0.1) is 6.92 Å². The molecule has 1 N–H and O–H groups in total. The number of hydrogen-bond acceptors (Lipinski definition) is 3. The van der Waals surface area contributed by atoms with Gasteiger partial charge in [0.25, 0.3) is 0 Å². The molecular weight excluding hydrogens is 259 g/mol. The Bertz CT molecular complexity index is 394. The summed E-state index contributed by atoms with van der Waals surface area (Å²) in [4.78, 5) is 0. The Morgan fingerprint density at radius 3 is 2.63 bits per heavy atom. The molecule has 1 rings (SSSR count). The third-order valence-electron chi connectivity index (χ3n) is 2.44. The Balaban J connectivity index is 2.28. The molecule has 19 heavy (non-hydrogen) atoms. The largest absolute Gasteiger partial charge is 0.496 e. The van der Waals surface area contributed by atoms with Crippen LogP contribution in [0.25, 0.3) is 0 Å². The normalized spacial score (nSPS) is 11.6. The third-order valence-corrected chi connectivity index (χ3v) is 2.44. The standard InChI is InChI=1S/C13H18F3NO2/c1-10-3-4-12(18-2)11(7-10)8-17-5-6-19-9-13(14,15)16/h3-4,7,17H,5-6,8-9H2,1-2H3. The predicted molar refractivity (Wildman–Crippen MR) is 66.3 cm³/mol. The fourth-order valence-electron chi connectivity index (χ4n) is 1.60. The van der Waals surface area contributed by atoms with Gasteiger partial charge < -0.3 is 14.8 Å². The van der Waals surface area contributed by atoms with E-state index >= 15 is 0 Å². The molecule has 1 aromatic rings. The Morgan fingerprint density at radius 1 is 1.26 bits per heavy atom. The highest BCUT2D eigenvalue weighted by Gasteiger charge is 2.27. The molecule has 108 valence electrons. The summed E-state index contributed by atoms with van der Waals surface area (Å²) < 4.78 is 45.1. The van der Waals surface area contributed by atoms with Crippen molar-refractivity contribution in [1.82, 2.24) is 5.32 Å². The first-order valence-electron chi connectivity index (χ1n) is 5.91. The molecule has 0 aliphatic carbocycles. The van der Waals surface area contributed by atoms with Crippen LogP contribution in [0.5, 0.6) is 5.75 Å². The Hall–Kier alpha value is -1.27. The average Bonchev–Trinajstić information content (AvgIpc) is 2.32. The molecular formula is C13H18F3NO2. The van der Waals surface area contributed by atoms with Gasteiger partial charge in [0, 0.05) is 18.7 Å². The summed E-state index contributed by atoms with van der Waals surface area (Å²) in [7, 11) is 1.58. The summed E-state index contributed by atoms with van der Waals surface area (Å²) in [6, 6.07) is 5.78. The number of nitrogens with one attached hydrogen (secondary N) is 1. The van der Waals surface area contributed by atoms with E-state index < -0.39 is 12.8 Å². The highest BCUT2D eigenvalue weighted by molar-refractivity contribution is 5.36. The van der Waals surface area contributed by atoms with Crippen LogP contribution in [-0.4, -0.2) is 33.0 Å². The van der Waals surface area contributed by atoms with Crippen LogP contribution in [-0.2, 0) is 11.3 Å². The molecule has 0 saturated carbocycles. The van der Waals surface area contributed by atoms with Gasteiger partial charge in [-0.1, -0.05) is 17.7 Å². The van der Waals surface area contributed by atoms with Gasteiger partial charge in [0.2, 0.25) is 0 Å². The zero-order valence-corrected chi connectivity index (χ0v) is 11.0. The molecule has 3 nitrogen and oxygen atoms in total. The summed E-state index contributed by atoms with van der Waals surface area (Å²) in [6.45, 7) is 1.67. The Labute approximate surface area is 110 Å². The molecule has 0 aliphatic heterocycles. The average molecular weight is 277 g/mol. The smallest absolute Gasteiger partial charge is 0.411 e. The molecule has 0 bridgehead atoms. The first kappa shape index (κ1) is 15.8. The fraction of sp³-hybridized carbons (Fsp3) is 0.538. The molecule has 0 unspecified atom stereocenters. The van der Waals surface area contributed by atoms with Crippen molar-refractivity contribution in [3.05, 3.63) is 29.3 Å². The molecule has 0 heterocycles. The van der Waals surface area contributed by atoms with Gasteiger partial charge in [-0.05, 0) is 13.0 Å². The van der Waals surface area contributed by atoms with Gasteiger partial charge >= 0.3 is 6.18 Å². The lowest BCUT2D eigenvalue weighted by Gasteiger charge is -2.11. The van der Waals surface area contributed by atoms with E-state index in [1.807, 2.05) is 25.1 Å². The second kappa shape index (κ2) is 7.35. The molecule has 0 fully saturated rings. The van der Waals surface area contributed by atoms with Gasteiger partial charge in [-0.3, -0.25) is 0 Å². The van der Waals surface area contributed by atoms with Gasteiger partial charge in [-0.15, -0.1) is 0 Å². The summed E-state index contributed by atoms with van der Waals surface area (Å²) in [6.07, 6.45) is -4.26. The van der Waals surface area contributed by atoms with Gasteiger partial charge in [0.15, 0.2) is 0 Å². The molecule has 0 spiro atoms. The van der Waals surface area contributed by atoms with Gasteiger partial charge in [-0.25, -0.2) is 0 Å². The van der Waals surface area contributed by atoms with Crippen LogP contribution in [0.4, 0.5) is 13.2 Å². The molecule has 0 amide bonds. The number of alkyl halides is 3. The first-order chi connectivity index (χ1) is 8.92. The summed E-state index contributed by atoms with van der Waals surface area (Å²) in [5.41, 5.74) is 2.07. The van der Waals surface area contributed by atoms with E-state index in [1.165, 1.54) is 0 Å². The van der Waals surface area contributed by atoms with Crippen LogP contribution in [0.3, 0.4) is 0 Å². The van der Waals surface area contributed by atoms with Crippen LogP contribution >= 0.6 is 0 Å². The van der Waals surface area contributed by atoms with E-state index in [2.05, 4.69) is 10.1 Å². The van der Waals surface area contributed by atoms with E-state index in [0.717, 1.165) is 16.9 Å². The predicted octanol–water partition coefficient (Wildman–Crippen LogP) is 2.67. The van der Waals surface area contributed by atoms with E-state index in [9.17, 15) is 13.2 Å². The number of ether oxygens (including phenoxy) is 2. The van der Waals surface area contributed by atoms with Gasteiger partial charge in [0.1, 0.15) is 12.4 Å². The van der Waals surface area contributed by atoms with E-state index in [1.54, 1.807) is 7.11 Å². The van der Waals surface area contributed by atoms with Gasteiger partial charge in [-0.2, -0.15) is 13.2 Å². The maximum absolute atomic E-state index is 11.8. The highest BCUT2D eigenvalue weighted by atomic mass is 19.4. The minimum atomic E-state index is -4.26. The van der Waals surface area contributed by atoms with Crippen molar-refractivity contribution in [1.29, 1.82) is 0 Å². The van der Waals surface area contributed by atoms with Crippen molar-refractivity contribution in [3.63, 3.8) is 0 Å². The SMILES string of the molecule is COc1ccc(C)cc1CNCCOCC(F)(F)F. The number of aryl methyl sites for hydroxylation is 1. The lowest BCUT2D eigenvalue weighted by atomic mass is 10.1. The van der Waals surface area contributed by atoms with Crippen molar-refractivity contribution < 1.29 is 22.6 Å². The number of methoxy groups -OCH3 is 1. The summed E-state index contributed by atoms with van der Waals surface area (Å²) >= 11 is 0. The maximum atomic E-state index is 11.8. The van der Waals surface area contributed by atoms with Crippen LogP contribution in [0.2, 0.25) is 0 Å². The Kier molecular flexibility index (Phi) is 6.11. The topological polar surface area (TPSA) is 30.5 Å². The molecule has 0 saturated heterocycles. The molecule has 0 aromatic heterocycles. The second-order valence-corrected chi connectivity index (χ2v) is 4.16. The monoisotopic (exact) mass is 277 g/mol. The number of rotatable bonds is 7. The van der Waals surface area contributed by atoms with E-state index in [4.69, 9.17) is 4.74 Å². The number of benzene rings is 1. The number of halogens is 3. The lowest BCUT2D eigenvalue weighted by Crippen LogP contribution is -2.23. The molecule has 1 aromatic carbocycles. The third kappa shape index (κ3) is 6.45. The zero-order chi connectivity index (χ0) is 14.3. The summed E-state index contributed by atoms with van der Waals surface area (Å²) in [5, 5.41) is 3.02. The van der Waals surface area contributed by atoms with Crippen molar-refractivity contribution in [3.8, 4) is 5.75 Å². The van der Waals surface area contributed by atoms with Crippen molar-refractivity contribution in [2.75, 3.05) is 26.9 Å². The minimum absolute atomic E-state index is 0.0215. The molecule has 6 heteroatoms.